The number of sulfonamides is 1. The average molecular weight is 338 g/mol. The summed E-state index contributed by atoms with van der Waals surface area (Å²) in [5, 5.41) is 2.82. The van der Waals surface area contributed by atoms with Crippen LogP contribution in [0.4, 0.5) is 0 Å². The second kappa shape index (κ2) is 7.01. The van der Waals surface area contributed by atoms with Crippen LogP contribution in [0.1, 0.15) is 42.9 Å². The van der Waals surface area contributed by atoms with E-state index in [1.165, 1.54) is 4.31 Å². The van der Waals surface area contributed by atoms with Crippen LogP contribution in [-0.2, 0) is 14.8 Å². The summed E-state index contributed by atoms with van der Waals surface area (Å²) in [4.78, 5) is 12.6. The Morgan fingerprint density at radius 1 is 1.26 bits per heavy atom. The van der Waals surface area contributed by atoms with Crippen molar-refractivity contribution in [2.45, 2.75) is 57.9 Å². The molecule has 1 aliphatic rings. The Bertz CT molecular complexity index is 675. The predicted molar refractivity (Wildman–Crippen MR) is 90.9 cm³/mol. The van der Waals surface area contributed by atoms with Crippen molar-refractivity contribution in [3.05, 3.63) is 28.8 Å². The zero-order valence-corrected chi connectivity index (χ0v) is 15.2. The van der Waals surface area contributed by atoms with Crippen LogP contribution >= 0.6 is 0 Å². The summed E-state index contributed by atoms with van der Waals surface area (Å²) < 4.78 is 27.6. The predicted octanol–water partition coefficient (Wildman–Crippen LogP) is 2.29. The van der Waals surface area contributed by atoms with Crippen LogP contribution < -0.4 is 5.32 Å². The molecule has 23 heavy (non-hydrogen) atoms. The van der Waals surface area contributed by atoms with Crippen molar-refractivity contribution in [2.24, 2.45) is 0 Å². The van der Waals surface area contributed by atoms with Crippen LogP contribution in [-0.4, -0.2) is 37.8 Å². The number of hydrogen-bond donors (Lipinski definition) is 1. The smallest absolute Gasteiger partial charge is 0.244 e. The Kier molecular flexibility index (Phi) is 5.47. The molecule has 0 aliphatic carbocycles. The van der Waals surface area contributed by atoms with Gasteiger partial charge in [0.05, 0.1) is 4.90 Å². The van der Waals surface area contributed by atoms with Crippen molar-refractivity contribution < 1.29 is 13.2 Å². The summed E-state index contributed by atoms with van der Waals surface area (Å²) in [6.45, 7) is 8.53. The summed E-state index contributed by atoms with van der Waals surface area (Å²) in [7, 11) is -3.66. The minimum absolute atomic E-state index is 0.185. The molecule has 0 bridgehead atoms. The number of carbonyl (C=O) groups is 1. The van der Waals surface area contributed by atoms with Gasteiger partial charge in [0.1, 0.15) is 6.04 Å². The molecule has 1 N–H and O–H groups in total. The Morgan fingerprint density at radius 3 is 2.43 bits per heavy atom. The second-order valence-electron chi connectivity index (χ2n) is 6.29. The normalized spacial score (nSPS) is 19.0. The molecule has 1 aromatic carbocycles. The lowest BCUT2D eigenvalue weighted by atomic mass is 10.1. The summed E-state index contributed by atoms with van der Waals surface area (Å²) in [5.74, 6) is -0.185. The van der Waals surface area contributed by atoms with E-state index in [9.17, 15) is 13.2 Å². The first-order valence-corrected chi connectivity index (χ1v) is 9.60. The van der Waals surface area contributed by atoms with Gasteiger partial charge < -0.3 is 5.32 Å². The third kappa shape index (κ3) is 3.58. The van der Waals surface area contributed by atoms with E-state index in [0.717, 1.165) is 23.1 Å². The maximum absolute atomic E-state index is 13.1. The highest BCUT2D eigenvalue weighted by Crippen LogP contribution is 2.30. The second-order valence-corrected chi connectivity index (χ2v) is 8.12. The summed E-state index contributed by atoms with van der Waals surface area (Å²) in [5.41, 5.74) is 2.52. The highest BCUT2D eigenvalue weighted by atomic mass is 32.2. The number of nitrogens with one attached hydrogen (secondary N) is 1. The monoisotopic (exact) mass is 338 g/mol. The highest BCUT2D eigenvalue weighted by Gasteiger charge is 2.40. The quantitative estimate of drug-likeness (QED) is 0.896. The minimum atomic E-state index is -3.66. The number of rotatable bonds is 5. The first kappa shape index (κ1) is 17.9. The molecule has 1 heterocycles. The molecule has 1 saturated heterocycles. The van der Waals surface area contributed by atoms with Gasteiger partial charge >= 0.3 is 0 Å². The Morgan fingerprint density at radius 2 is 1.87 bits per heavy atom. The standard InChI is InChI=1S/C17H26N2O3S/c1-5-8-18-17(20)15-7-6-9-19(15)23(21,22)16-13(3)10-12(2)11-14(16)4/h10-11,15H,5-9H2,1-4H3,(H,18,20). The topological polar surface area (TPSA) is 66.5 Å². The lowest BCUT2D eigenvalue weighted by Gasteiger charge is -2.25. The number of benzene rings is 1. The fraction of sp³-hybridized carbons (Fsp3) is 0.588. The molecule has 1 fully saturated rings. The average Bonchev–Trinajstić information content (AvgIpc) is 2.93. The SMILES string of the molecule is CCCNC(=O)C1CCCN1S(=O)(=O)c1c(C)cc(C)cc1C. The van der Waals surface area contributed by atoms with Gasteiger partial charge in [-0.25, -0.2) is 8.42 Å². The molecular formula is C17H26N2O3S. The zero-order chi connectivity index (χ0) is 17.2. The van der Waals surface area contributed by atoms with Gasteiger partial charge in [0.2, 0.25) is 15.9 Å². The van der Waals surface area contributed by atoms with E-state index in [2.05, 4.69) is 5.32 Å². The van der Waals surface area contributed by atoms with Crippen LogP contribution in [0.15, 0.2) is 17.0 Å². The molecule has 0 radical (unpaired) electrons. The van der Waals surface area contributed by atoms with E-state index < -0.39 is 16.1 Å². The van der Waals surface area contributed by atoms with Crippen LogP contribution in [0.2, 0.25) is 0 Å². The van der Waals surface area contributed by atoms with Gasteiger partial charge in [-0.15, -0.1) is 0 Å². The first-order chi connectivity index (χ1) is 10.8. The van der Waals surface area contributed by atoms with Gasteiger partial charge in [0.25, 0.3) is 0 Å². The van der Waals surface area contributed by atoms with Crippen molar-refractivity contribution >= 4 is 15.9 Å². The molecule has 1 aromatic rings. The fourth-order valence-corrected chi connectivity index (χ4v) is 5.42. The lowest BCUT2D eigenvalue weighted by Crippen LogP contribution is -2.46. The molecule has 0 saturated carbocycles. The van der Waals surface area contributed by atoms with Crippen LogP contribution in [0.3, 0.4) is 0 Å². The molecule has 6 heteroatoms. The molecule has 1 amide bonds. The molecule has 0 spiro atoms. The maximum atomic E-state index is 13.1. The van der Waals surface area contributed by atoms with Crippen molar-refractivity contribution in [3.8, 4) is 0 Å². The first-order valence-electron chi connectivity index (χ1n) is 8.16. The highest BCUT2D eigenvalue weighted by molar-refractivity contribution is 7.89. The van der Waals surface area contributed by atoms with Gasteiger partial charge in [-0.1, -0.05) is 24.6 Å². The third-order valence-electron chi connectivity index (χ3n) is 4.23. The molecule has 5 nitrogen and oxygen atoms in total. The van der Waals surface area contributed by atoms with E-state index in [-0.39, 0.29) is 5.91 Å². The van der Waals surface area contributed by atoms with Gasteiger partial charge in [-0.3, -0.25) is 4.79 Å². The van der Waals surface area contributed by atoms with E-state index in [1.54, 1.807) is 0 Å². The van der Waals surface area contributed by atoms with Gasteiger partial charge in [0, 0.05) is 13.1 Å². The van der Waals surface area contributed by atoms with Crippen molar-refractivity contribution in [3.63, 3.8) is 0 Å². The molecule has 2 rings (SSSR count). The van der Waals surface area contributed by atoms with Crippen molar-refractivity contribution in [2.75, 3.05) is 13.1 Å². The van der Waals surface area contributed by atoms with Crippen LogP contribution in [0, 0.1) is 20.8 Å². The number of nitrogens with zero attached hydrogens (tertiary/aromatic N) is 1. The van der Waals surface area contributed by atoms with Gasteiger partial charge in [-0.2, -0.15) is 4.31 Å². The molecule has 128 valence electrons. The summed E-state index contributed by atoms with van der Waals surface area (Å²) in [6.07, 6.45) is 2.13. The number of amides is 1. The number of aryl methyl sites for hydroxylation is 3. The van der Waals surface area contributed by atoms with E-state index >= 15 is 0 Å². The largest absolute Gasteiger partial charge is 0.355 e. The zero-order valence-electron chi connectivity index (χ0n) is 14.3. The molecule has 0 aromatic heterocycles. The Labute approximate surface area is 139 Å². The number of carbonyl (C=O) groups excluding carboxylic acids is 1. The fourth-order valence-electron chi connectivity index (χ4n) is 3.35. The van der Waals surface area contributed by atoms with E-state index in [1.807, 2.05) is 39.8 Å². The van der Waals surface area contributed by atoms with Gasteiger partial charge in [0.15, 0.2) is 0 Å². The minimum Gasteiger partial charge on any atom is -0.355 e. The summed E-state index contributed by atoms with van der Waals surface area (Å²) in [6, 6.07) is 3.16. The maximum Gasteiger partial charge on any atom is 0.244 e. The number of hydrogen-bond acceptors (Lipinski definition) is 3. The molecular weight excluding hydrogens is 312 g/mol. The van der Waals surface area contributed by atoms with Gasteiger partial charge in [-0.05, 0) is 51.2 Å². The Hall–Kier alpha value is -1.40. The van der Waals surface area contributed by atoms with E-state index in [4.69, 9.17) is 0 Å². The van der Waals surface area contributed by atoms with Crippen LogP contribution in [0.25, 0.3) is 0 Å². The Balaban J connectivity index is 2.37. The molecule has 1 unspecified atom stereocenters. The molecule has 1 atom stereocenters. The van der Waals surface area contributed by atoms with Crippen molar-refractivity contribution in [1.29, 1.82) is 0 Å². The van der Waals surface area contributed by atoms with E-state index in [0.29, 0.717) is 30.8 Å². The summed E-state index contributed by atoms with van der Waals surface area (Å²) >= 11 is 0. The lowest BCUT2D eigenvalue weighted by molar-refractivity contribution is -0.124. The van der Waals surface area contributed by atoms with Crippen LogP contribution in [0.5, 0.6) is 0 Å². The molecule has 1 aliphatic heterocycles. The van der Waals surface area contributed by atoms with Crippen molar-refractivity contribution in [1.82, 2.24) is 9.62 Å². The third-order valence-corrected chi connectivity index (χ3v) is 6.44.